The number of rotatable bonds is 2. The number of fused-ring (bicyclic) bond motifs is 1. The quantitative estimate of drug-likeness (QED) is 0.680. The summed E-state index contributed by atoms with van der Waals surface area (Å²) in [4.78, 5) is 1.47. The smallest absolute Gasteiger partial charge is 0.0463 e. The number of thioether (sulfide) groups is 1. The van der Waals surface area contributed by atoms with Crippen LogP contribution in [0, 0.1) is 5.92 Å². The van der Waals surface area contributed by atoms with Gasteiger partial charge in [-0.25, -0.2) is 0 Å². The first-order valence-electron chi connectivity index (χ1n) is 6.46. The summed E-state index contributed by atoms with van der Waals surface area (Å²) in [6, 6.07) is 0. The van der Waals surface area contributed by atoms with E-state index >= 15 is 0 Å². The Hall–Kier alpha value is -0.863. The molecule has 2 heteroatoms. The van der Waals surface area contributed by atoms with Crippen LogP contribution in [0.5, 0.6) is 0 Å². The zero-order valence-corrected chi connectivity index (χ0v) is 12.9. The normalized spacial score (nSPS) is 28.6. The topological polar surface area (TPSA) is 0 Å². The molecule has 1 heterocycles. The predicted octanol–water partition coefficient (Wildman–Crippen LogP) is 4.12. The molecule has 3 aliphatic rings. The number of hydrogen-bond acceptors (Lipinski definition) is 1. The molecule has 92 valence electrons. The Morgan fingerprint density at radius 2 is 2.11 bits per heavy atom. The lowest BCUT2D eigenvalue weighted by molar-refractivity contribution is 0.959. The minimum absolute atomic E-state index is 0.299. The molecule has 0 N–H and O–H groups in total. The second-order valence-corrected chi connectivity index (χ2v) is 9.01. The van der Waals surface area contributed by atoms with Crippen LogP contribution in [0.25, 0.3) is 0 Å². The van der Waals surface area contributed by atoms with Gasteiger partial charge in [-0.2, -0.15) is 0 Å². The molecule has 0 saturated carbocycles. The molecule has 3 rings (SSSR count). The van der Waals surface area contributed by atoms with E-state index in [-0.39, 0.29) is 8.41 Å². The van der Waals surface area contributed by atoms with Crippen molar-refractivity contribution in [1.29, 1.82) is 0 Å². The Balaban J connectivity index is 2.04. The van der Waals surface area contributed by atoms with Gasteiger partial charge in [0.15, 0.2) is 0 Å². The highest BCUT2D eigenvalue weighted by Crippen LogP contribution is 2.48. The summed E-state index contributed by atoms with van der Waals surface area (Å²) in [5.74, 6) is 0.517. The third-order valence-corrected chi connectivity index (χ3v) is 6.00. The first-order valence-corrected chi connectivity index (χ1v) is 9.92. The van der Waals surface area contributed by atoms with Crippen molar-refractivity contribution in [3.05, 3.63) is 58.1 Å². The minimum atomic E-state index is -0.299. The second kappa shape index (κ2) is 4.67. The summed E-state index contributed by atoms with van der Waals surface area (Å²) in [5.41, 5.74) is 7.08. The fourth-order valence-electron chi connectivity index (χ4n) is 2.74. The first-order chi connectivity index (χ1) is 8.65. The van der Waals surface area contributed by atoms with Gasteiger partial charge in [0.1, 0.15) is 0 Å². The van der Waals surface area contributed by atoms with Crippen LogP contribution in [0.4, 0.5) is 0 Å². The third kappa shape index (κ3) is 2.08. The number of allylic oxidation sites excluding steroid dienone is 8. The van der Waals surface area contributed by atoms with Crippen LogP contribution in [0.2, 0.25) is 13.1 Å². The van der Waals surface area contributed by atoms with Crippen molar-refractivity contribution in [2.24, 2.45) is 5.92 Å². The van der Waals surface area contributed by atoms with Crippen molar-refractivity contribution in [3.8, 4) is 0 Å². The molecule has 0 spiro atoms. The fraction of sp³-hybridized carbons (Fsp3) is 0.312. The Bertz CT molecular complexity index is 566. The van der Waals surface area contributed by atoms with Gasteiger partial charge >= 0.3 is 0 Å². The largest absolute Gasteiger partial charge is 0.114 e. The molecule has 0 aromatic carbocycles. The zero-order chi connectivity index (χ0) is 12.7. The van der Waals surface area contributed by atoms with Gasteiger partial charge in [0.2, 0.25) is 0 Å². The summed E-state index contributed by atoms with van der Waals surface area (Å²) in [6.07, 6.45) is 13.7. The van der Waals surface area contributed by atoms with Crippen LogP contribution in [-0.4, -0.2) is 19.3 Å². The van der Waals surface area contributed by atoms with Crippen LogP contribution in [0.1, 0.15) is 6.92 Å². The molecule has 2 aliphatic carbocycles. The predicted molar refractivity (Wildman–Crippen MR) is 85.6 cm³/mol. The van der Waals surface area contributed by atoms with Gasteiger partial charge < -0.3 is 0 Å². The van der Waals surface area contributed by atoms with Crippen LogP contribution in [-0.2, 0) is 0 Å². The second-order valence-electron chi connectivity index (χ2n) is 5.34. The highest BCUT2D eigenvalue weighted by molar-refractivity contribution is 8.05. The van der Waals surface area contributed by atoms with Gasteiger partial charge in [-0.05, 0) is 24.1 Å². The summed E-state index contributed by atoms with van der Waals surface area (Å²) >= 11 is 2.04. The summed E-state index contributed by atoms with van der Waals surface area (Å²) in [7, 11) is -0.299. The lowest BCUT2D eigenvalue weighted by atomic mass is 9.93. The molecule has 18 heavy (non-hydrogen) atoms. The van der Waals surface area contributed by atoms with Crippen LogP contribution >= 0.6 is 11.8 Å². The Morgan fingerprint density at radius 3 is 2.78 bits per heavy atom. The van der Waals surface area contributed by atoms with E-state index in [1.165, 1.54) is 16.1 Å². The van der Waals surface area contributed by atoms with Gasteiger partial charge in [-0.3, -0.25) is 0 Å². The van der Waals surface area contributed by atoms with Crippen molar-refractivity contribution < 1.29 is 0 Å². The van der Waals surface area contributed by atoms with Gasteiger partial charge in [0.05, 0.1) is 0 Å². The van der Waals surface area contributed by atoms with Crippen molar-refractivity contribution >= 4 is 25.8 Å². The van der Waals surface area contributed by atoms with Crippen LogP contribution < -0.4 is 0 Å². The van der Waals surface area contributed by atoms with Crippen molar-refractivity contribution in [2.75, 3.05) is 0 Å². The van der Waals surface area contributed by atoms with E-state index in [0.717, 1.165) is 0 Å². The van der Waals surface area contributed by atoms with E-state index in [9.17, 15) is 0 Å². The third-order valence-electron chi connectivity index (χ3n) is 3.50. The molecule has 2 unspecified atom stereocenters. The maximum atomic E-state index is 2.58. The fourth-order valence-corrected chi connectivity index (χ4v) is 5.77. The average Bonchev–Trinajstić information content (AvgIpc) is 2.92. The highest BCUT2D eigenvalue weighted by Gasteiger charge is 2.32. The molecule has 0 aromatic rings. The van der Waals surface area contributed by atoms with Crippen molar-refractivity contribution in [3.63, 3.8) is 0 Å². The van der Waals surface area contributed by atoms with E-state index in [1.54, 1.807) is 5.57 Å². The minimum Gasteiger partial charge on any atom is -0.114 e. The molecule has 0 amide bonds. The lowest BCUT2D eigenvalue weighted by Gasteiger charge is -2.15. The standard InChI is InChI=1S/C16H18SSi/c1-11-7-8-12(9-11)16-13-5-4-6-14(13)17-15(16)10-18(2)3/h4-10,12,15H,1-3H3. The van der Waals surface area contributed by atoms with Crippen LogP contribution in [0.3, 0.4) is 0 Å². The molecule has 1 aliphatic heterocycles. The summed E-state index contributed by atoms with van der Waals surface area (Å²) in [6.45, 7) is 6.94. The average molecular weight is 270 g/mol. The molecular formula is C16H18SSi. The maximum absolute atomic E-state index is 2.58. The first kappa shape index (κ1) is 12.2. The van der Waals surface area contributed by atoms with E-state index in [0.29, 0.717) is 11.2 Å². The van der Waals surface area contributed by atoms with E-state index in [2.05, 4.69) is 62.1 Å². The maximum Gasteiger partial charge on any atom is 0.0463 e. The van der Waals surface area contributed by atoms with Gasteiger partial charge in [-0.1, -0.05) is 54.7 Å². The molecule has 0 nitrogen and oxygen atoms in total. The Kier molecular flexibility index (Phi) is 3.16. The molecular weight excluding hydrogens is 252 g/mol. The van der Waals surface area contributed by atoms with Crippen molar-refractivity contribution in [2.45, 2.75) is 25.3 Å². The monoisotopic (exact) mass is 270 g/mol. The number of hydrogen-bond donors (Lipinski definition) is 0. The lowest BCUT2D eigenvalue weighted by Crippen LogP contribution is -2.15. The van der Waals surface area contributed by atoms with E-state index in [1.807, 2.05) is 11.8 Å². The Morgan fingerprint density at radius 1 is 1.28 bits per heavy atom. The van der Waals surface area contributed by atoms with Crippen molar-refractivity contribution in [1.82, 2.24) is 0 Å². The van der Waals surface area contributed by atoms with Gasteiger partial charge in [-0.15, -0.1) is 11.8 Å². The summed E-state index contributed by atoms with van der Waals surface area (Å²) in [5, 5.41) is 0.594. The van der Waals surface area contributed by atoms with Gasteiger partial charge in [0, 0.05) is 24.5 Å². The molecule has 0 aromatic heterocycles. The zero-order valence-electron chi connectivity index (χ0n) is 11.1. The SMILES string of the molecule is CC1=CC(C2=C3C=CC=C3SC2C=[Si](C)C)C=C1. The molecule has 0 fully saturated rings. The van der Waals surface area contributed by atoms with Gasteiger partial charge in [0.25, 0.3) is 0 Å². The molecule has 0 saturated heterocycles. The highest BCUT2D eigenvalue weighted by atomic mass is 32.2. The van der Waals surface area contributed by atoms with Crippen LogP contribution in [0.15, 0.2) is 58.1 Å². The van der Waals surface area contributed by atoms with E-state index < -0.39 is 0 Å². The molecule has 0 bridgehead atoms. The molecule has 2 atom stereocenters. The molecule has 0 radical (unpaired) electrons. The summed E-state index contributed by atoms with van der Waals surface area (Å²) < 4.78 is 0. The Labute approximate surface area is 115 Å². The van der Waals surface area contributed by atoms with E-state index in [4.69, 9.17) is 0 Å².